The molecule has 2 aliphatic rings. The lowest BCUT2D eigenvalue weighted by molar-refractivity contribution is -0.137. The molecule has 24 heavy (non-hydrogen) atoms. The third-order valence-electron chi connectivity index (χ3n) is 4.70. The number of anilines is 1. The molecular formula is C15H27Cl2N5OS. The van der Waals surface area contributed by atoms with Gasteiger partial charge in [-0.15, -0.1) is 24.8 Å². The number of rotatable bonds is 3. The number of carbonyl (C=O) groups is 1. The third kappa shape index (κ3) is 4.94. The molecule has 9 heteroatoms. The van der Waals surface area contributed by atoms with Crippen LogP contribution in [-0.4, -0.2) is 52.4 Å². The van der Waals surface area contributed by atoms with Crippen LogP contribution in [0.5, 0.6) is 0 Å². The van der Waals surface area contributed by atoms with Gasteiger partial charge in [-0.3, -0.25) is 4.79 Å². The van der Waals surface area contributed by atoms with Gasteiger partial charge >= 0.3 is 0 Å². The number of amides is 1. The van der Waals surface area contributed by atoms with Gasteiger partial charge in [0.1, 0.15) is 5.82 Å². The maximum absolute atomic E-state index is 12.6. The van der Waals surface area contributed by atoms with Crippen LogP contribution in [0.25, 0.3) is 0 Å². The van der Waals surface area contributed by atoms with E-state index in [9.17, 15) is 4.79 Å². The average molecular weight is 396 g/mol. The summed E-state index contributed by atoms with van der Waals surface area (Å²) in [5.41, 5.74) is 6.01. The van der Waals surface area contributed by atoms with Crippen LogP contribution >= 0.6 is 36.3 Å². The zero-order valence-electron chi connectivity index (χ0n) is 14.0. The van der Waals surface area contributed by atoms with E-state index < -0.39 is 0 Å². The molecule has 1 aromatic heterocycles. The van der Waals surface area contributed by atoms with Gasteiger partial charge in [0.05, 0.1) is 0 Å². The molecule has 2 atom stereocenters. The molecule has 1 aliphatic carbocycles. The third-order valence-corrected chi connectivity index (χ3v) is 5.51. The molecule has 0 spiro atoms. The monoisotopic (exact) mass is 395 g/mol. The second-order valence-corrected chi connectivity index (χ2v) is 7.01. The highest BCUT2D eigenvalue weighted by Gasteiger charge is 2.31. The van der Waals surface area contributed by atoms with Crippen LogP contribution in [-0.2, 0) is 11.2 Å². The first-order valence-corrected chi connectivity index (χ1v) is 9.06. The standard InChI is InChI=1S/C15H25N5OS.2ClH/c1-2-13-17-15(22-18-13)20-8-6-19(7-9-20)14(21)11-4-3-5-12(16)10-11;;/h11-12H,2-10,16H2,1H3;2*1H. The molecule has 2 N–H and O–H groups in total. The summed E-state index contributed by atoms with van der Waals surface area (Å²) in [5, 5.41) is 0.989. The maximum Gasteiger partial charge on any atom is 0.225 e. The van der Waals surface area contributed by atoms with Gasteiger partial charge in [0, 0.05) is 56.1 Å². The Balaban J connectivity index is 0.00000144. The van der Waals surface area contributed by atoms with E-state index in [1.807, 2.05) is 4.90 Å². The van der Waals surface area contributed by atoms with Crippen molar-refractivity contribution in [2.24, 2.45) is 11.7 Å². The number of nitrogens with zero attached hydrogens (tertiary/aromatic N) is 4. The van der Waals surface area contributed by atoms with Crippen molar-refractivity contribution >= 4 is 47.4 Å². The molecule has 1 amide bonds. The quantitative estimate of drug-likeness (QED) is 0.847. The molecule has 3 rings (SSSR count). The second kappa shape index (κ2) is 9.75. The fraction of sp³-hybridized carbons (Fsp3) is 0.800. The smallest absolute Gasteiger partial charge is 0.225 e. The van der Waals surface area contributed by atoms with Gasteiger partial charge in [-0.2, -0.15) is 4.37 Å². The highest BCUT2D eigenvalue weighted by atomic mass is 35.5. The van der Waals surface area contributed by atoms with E-state index in [1.54, 1.807) is 0 Å². The summed E-state index contributed by atoms with van der Waals surface area (Å²) >= 11 is 1.46. The van der Waals surface area contributed by atoms with Crippen molar-refractivity contribution in [2.75, 3.05) is 31.1 Å². The van der Waals surface area contributed by atoms with Gasteiger partial charge < -0.3 is 15.5 Å². The lowest BCUT2D eigenvalue weighted by atomic mass is 9.85. The van der Waals surface area contributed by atoms with E-state index in [-0.39, 0.29) is 36.8 Å². The van der Waals surface area contributed by atoms with E-state index in [2.05, 4.69) is 21.2 Å². The molecule has 6 nitrogen and oxygen atoms in total. The Morgan fingerprint density at radius 3 is 2.54 bits per heavy atom. The predicted octanol–water partition coefficient (Wildman–Crippen LogP) is 2.11. The van der Waals surface area contributed by atoms with Gasteiger partial charge in [-0.25, -0.2) is 4.98 Å². The first-order chi connectivity index (χ1) is 10.7. The summed E-state index contributed by atoms with van der Waals surface area (Å²) in [6.07, 6.45) is 4.88. The Labute approximate surface area is 160 Å². The Kier molecular flexibility index (Phi) is 8.70. The Bertz CT molecular complexity index is 522. The largest absolute Gasteiger partial charge is 0.343 e. The minimum atomic E-state index is 0. The molecular weight excluding hydrogens is 369 g/mol. The fourth-order valence-corrected chi connectivity index (χ4v) is 4.15. The van der Waals surface area contributed by atoms with Crippen LogP contribution in [0.15, 0.2) is 0 Å². The summed E-state index contributed by atoms with van der Waals surface area (Å²) in [6, 6.07) is 0.206. The van der Waals surface area contributed by atoms with Crippen molar-refractivity contribution in [2.45, 2.75) is 45.1 Å². The Morgan fingerprint density at radius 2 is 1.96 bits per heavy atom. The topological polar surface area (TPSA) is 75.4 Å². The lowest BCUT2D eigenvalue weighted by Gasteiger charge is -2.37. The van der Waals surface area contributed by atoms with E-state index >= 15 is 0 Å². The number of nitrogens with two attached hydrogens (primary N) is 1. The lowest BCUT2D eigenvalue weighted by Crippen LogP contribution is -2.51. The zero-order chi connectivity index (χ0) is 15.5. The number of hydrogen-bond donors (Lipinski definition) is 1. The number of halogens is 2. The molecule has 0 aromatic carbocycles. The van der Waals surface area contributed by atoms with Crippen molar-refractivity contribution in [3.63, 3.8) is 0 Å². The molecule has 1 aliphatic heterocycles. The van der Waals surface area contributed by atoms with Gasteiger partial charge in [-0.05, 0) is 19.3 Å². The summed E-state index contributed by atoms with van der Waals surface area (Å²) in [7, 11) is 0. The van der Waals surface area contributed by atoms with E-state index in [4.69, 9.17) is 5.73 Å². The predicted molar refractivity (Wildman–Crippen MR) is 103 cm³/mol. The number of carbonyl (C=O) groups excluding carboxylic acids is 1. The normalized spacial score (nSPS) is 24.1. The summed E-state index contributed by atoms with van der Waals surface area (Å²) in [5.74, 6) is 1.36. The summed E-state index contributed by atoms with van der Waals surface area (Å²) < 4.78 is 4.34. The van der Waals surface area contributed by atoms with Crippen molar-refractivity contribution in [1.82, 2.24) is 14.3 Å². The van der Waals surface area contributed by atoms with Crippen LogP contribution in [0.2, 0.25) is 0 Å². The molecule has 2 heterocycles. The van der Waals surface area contributed by atoms with Crippen molar-refractivity contribution in [3.8, 4) is 0 Å². The van der Waals surface area contributed by atoms with Gasteiger partial charge in [0.15, 0.2) is 0 Å². The first-order valence-electron chi connectivity index (χ1n) is 8.29. The molecule has 0 bridgehead atoms. The molecule has 0 radical (unpaired) electrons. The zero-order valence-corrected chi connectivity index (χ0v) is 16.5. The average Bonchev–Trinajstić information content (AvgIpc) is 3.03. The minimum absolute atomic E-state index is 0. The van der Waals surface area contributed by atoms with Crippen LogP contribution in [0.4, 0.5) is 5.13 Å². The van der Waals surface area contributed by atoms with E-state index in [0.29, 0.717) is 5.91 Å². The second-order valence-electron chi connectivity index (χ2n) is 6.28. The van der Waals surface area contributed by atoms with Crippen LogP contribution in [0.1, 0.15) is 38.4 Å². The highest BCUT2D eigenvalue weighted by Crippen LogP contribution is 2.26. The maximum atomic E-state index is 12.6. The van der Waals surface area contributed by atoms with E-state index in [1.165, 1.54) is 11.5 Å². The minimum Gasteiger partial charge on any atom is -0.343 e. The van der Waals surface area contributed by atoms with Gasteiger partial charge in [0.25, 0.3) is 0 Å². The molecule has 1 saturated carbocycles. The van der Waals surface area contributed by atoms with Crippen LogP contribution in [0.3, 0.4) is 0 Å². The van der Waals surface area contributed by atoms with Crippen molar-refractivity contribution in [3.05, 3.63) is 5.82 Å². The van der Waals surface area contributed by atoms with Crippen molar-refractivity contribution in [1.29, 1.82) is 0 Å². The molecule has 2 unspecified atom stereocenters. The molecule has 1 saturated heterocycles. The molecule has 2 fully saturated rings. The van der Waals surface area contributed by atoms with Gasteiger partial charge in [0.2, 0.25) is 11.0 Å². The Hall–Kier alpha value is -0.630. The Morgan fingerprint density at radius 1 is 1.25 bits per heavy atom. The first kappa shape index (κ1) is 21.4. The van der Waals surface area contributed by atoms with Crippen LogP contribution < -0.4 is 10.6 Å². The molecule has 138 valence electrons. The number of hydrogen-bond acceptors (Lipinski definition) is 6. The van der Waals surface area contributed by atoms with Gasteiger partial charge in [-0.1, -0.05) is 13.3 Å². The SMILES string of the molecule is CCc1nsc(N2CCN(C(=O)C3CCCC(N)C3)CC2)n1.Cl.Cl. The highest BCUT2D eigenvalue weighted by molar-refractivity contribution is 7.09. The fourth-order valence-electron chi connectivity index (χ4n) is 3.34. The van der Waals surface area contributed by atoms with Crippen LogP contribution in [0, 0.1) is 5.92 Å². The number of aromatic nitrogens is 2. The van der Waals surface area contributed by atoms with E-state index in [0.717, 1.165) is 69.2 Å². The number of piperazine rings is 1. The summed E-state index contributed by atoms with van der Waals surface area (Å²) in [6.45, 7) is 5.33. The molecule has 1 aromatic rings. The summed E-state index contributed by atoms with van der Waals surface area (Å²) in [4.78, 5) is 21.4. The number of aryl methyl sites for hydroxylation is 1. The van der Waals surface area contributed by atoms with Crippen molar-refractivity contribution < 1.29 is 4.79 Å².